The molecule has 5 heteroatoms. The van der Waals surface area contributed by atoms with Crippen LogP contribution in [0.3, 0.4) is 0 Å². The molecule has 1 amide bonds. The topological polar surface area (TPSA) is 66.8 Å². The number of ether oxygens (including phenoxy) is 1. The van der Waals surface area contributed by atoms with E-state index in [1.165, 1.54) is 0 Å². The molecule has 1 atom stereocenters. The summed E-state index contributed by atoms with van der Waals surface area (Å²) < 4.78 is 5.40. The average molecular weight is 333 g/mol. The van der Waals surface area contributed by atoms with Gasteiger partial charge < -0.3 is 14.7 Å². The van der Waals surface area contributed by atoms with Gasteiger partial charge in [-0.2, -0.15) is 0 Å². The van der Waals surface area contributed by atoms with Crippen molar-refractivity contribution in [1.82, 2.24) is 4.90 Å². The molecule has 1 aromatic carbocycles. The number of aliphatic carboxylic acids is 1. The number of amides is 1. The van der Waals surface area contributed by atoms with Crippen LogP contribution in [0.2, 0.25) is 0 Å². The summed E-state index contributed by atoms with van der Waals surface area (Å²) in [4.78, 5) is 25.8. The number of carbonyl (C=O) groups excluding carboxylic acids is 1. The molecule has 1 saturated heterocycles. The number of hydrogen-bond donors (Lipinski definition) is 1. The fourth-order valence-corrected chi connectivity index (χ4v) is 3.27. The lowest BCUT2D eigenvalue weighted by atomic mass is 9.76. The first-order chi connectivity index (χ1) is 11.4. The van der Waals surface area contributed by atoms with Crippen LogP contribution in [0.15, 0.2) is 24.3 Å². The van der Waals surface area contributed by atoms with Crippen molar-refractivity contribution in [2.45, 2.75) is 40.0 Å². The van der Waals surface area contributed by atoms with E-state index >= 15 is 0 Å². The zero-order chi connectivity index (χ0) is 17.7. The number of carbonyl (C=O) groups is 2. The van der Waals surface area contributed by atoms with Crippen LogP contribution in [0.5, 0.6) is 5.75 Å². The summed E-state index contributed by atoms with van der Waals surface area (Å²) in [5, 5.41) is 9.56. The Morgan fingerprint density at radius 2 is 1.96 bits per heavy atom. The van der Waals surface area contributed by atoms with Gasteiger partial charge >= 0.3 is 5.97 Å². The van der Waals surface area contributed by atoms with Gasteiger partial charge in [0.05, 0.1) is 12.0 Å². The van der Waals surface area contributed by atoms with Gasteiger partial charge in [-0.1, -0.05) is 26.0 Å². The summed E-state index contributed by atoms with van der Waals surface area (Å²) >= 11 is 0. The molecule has 1 N–H and O–H groups in total. The van der Waals surface area contributed by atoms with Crippen LogP contribution in [-0.2, 0) is 16.0 Å². The molecule has 1 heterocycles. The molecule has 0 aliphatic carbocycles. The van der Waals surface area contributed by atoms with Gasteiger partial charge in [0.15, 0.2) is 0 Å². The predicted molar refractivity (Wildman–Crippen MR) is 92.0 cm³/mol. The standard InChI is InChI=1S/C19H27NO4/c1-4-24-16-8-5-15(6-9-16)7-10-17(21)20-12-11-19(13-20,14(2)3)18(22)23/h5-6,8-9,14H,4,7,10-13H2,1-3H3,(H,22,23). The second kappa shape index (κ2) is 7.69. The summed E-state index contributed by atoms with van der Waals surface area (Å²) in [6.07, 6.45) is 1.60. The molecule has 1 aliphatic rings. The van der Waals surface area contributed by atoms with Crippen LogP contribution in [0.1, 0.15) is 39.2 Å². The molecule has 1 unspecified atom stereocenters. The normalized spacial score (nSPS) is 20.4. The van der Waals surface area contributed by atoms with Crippen LogP contribution in [0, 0.1) is 11.3 Å². The Kier molecular flexibility index (Phi) is 5.86. The number of benzene rings is 1. The maximum atomic E-state index is 12.4. The lowest BCUT2D eigenvalue weighted by Gasteiger charge is -2.28. The first-order valence-electron chi connectivity index (χ1n) is 8.62. The number of carboxylic acids is 1. The second-order valence-corrected chi connectivity index (χ2v) is 6.76. The van der Waals surface area contributed by atoms with Crippen LogP contribution >= 0.6 is 0 Å². The van der Waals surface area contributed by atoms with E-state index in [0.29, 0.717) is 39.0 Å². The van der Waals surface area contributed by atoms with Crippen molar-refractivity contribution < 1.29 is 19.4 Å². The van der Waals surface area contributed by atoms with Crippen molar-refractivity contribution in [1.29, 1.82) is 0 Å². The van der Waals surface area contributed by atoms with Gasteiger partial charge in [-0.15, -0.1) is 0 Å². The molecule has 0 aromatic heterocycles. The molecular formula is C19H27NO4. The second-order valence-electron chi connectivity index (χ2n) is 6.76. The van der Waals surface area contributed by atoms with Gasteiger partial charge in [0, 0.05) is 19.5 Å². The largest absolute Gasteiger partial charge is 0.494 e. The molecule has 0 bridgehead atoms. The lowest BCUT2D eigenvalue weighted by molar-refractivity contribution is -0.151. The Morgan fingerprint density at radius 1 is 1.29 bits per heavy atom. The Morgan fingerprint density at radius 3 is 2.46 bits per heavy atom. The van der Waals surface area contributed by atoms with Crippen LogP contribution in [0.25, 0.3) is 0 Å². The highest BCUT2D eigenvalue weighted by Crippen LogP contribution is 2.38. The maximum absolute atomic E-state index is 12.4. The van der Waals surface area contributed by atoms with Crippen molar-refractivity contribution in [3.05, 3.63) is 29.8 Å². The molecule has 0 radical (unpaired) electrons. The summed E-state index contributed by atoms with van der Waals surface area (Å²) in [6.45, 7) is 7.27. The van der Waals surface area contributed by atoms with E-state index in [2.05, 4.69) is 0 Å². The highest BCUT2D eigenvalue weighted by molar-refractivity contribution is 5.81. The van der Waals surface area contributed by atoms with Crippen molar-refractivity contribution in [3.63, 3.8) is 0 Å². The number of hydrogen-bond acceptors (Lipinski definition) is 3. The van der Waals surface area contributed by atoms with Gasteiger partial charge in [0.1, 0.15) is 5.75 Å². The first kappa shape index (κ1) is 18.3. The van der Waals surface area contributed by atoms with Crippen LogP contribution in [0.4, 0.5) is 0 Å². The van der Waals surface area contributed by atoms with Crippen molar-refractivity contribution in [2.75, 3.05) is 19.7 Å². The van der Waals surface area contributed by atoms with E-state index < -0.39 is 11.4 Å². The van der Waals surface area contributed by atoms with Crippen molar-refractivity contribution in [2.24, 2.45) is 11.3 Å². The van der Waals surface area contributed by atoms with E-state index in [4.69, 9.17) is 4.74 Å². The number of nitrogens with zero attached hydrogens (tertiary/aromatic N) is 1. The lowest BCUT2D eigenvalue weighted by Crippen LogP contribution is -2.40. The number of likely N-dealkylation sites (tertiary alicyclic amines) is 1. The average Bonchev–Trinajstić information content (AvgIpc) is 3.01. The fraction of sp³-hybridized carbons (Fsp3) is 0.579. The van der Waals surface area contributed by atoms with E-state index in [-0.39, 0.29) is 11.8 Å². The van der Waals surface area contributed by atoms with E-state index in [0.717, 1.165) is 11.3 Å². The minimum absolute atomic E-state index is 0.0129. The van der Waals surface area contributed by atoms with Gasteiger partial charge in [-0.25, -0.2) is 0 Å². The highest BCUT2D eigenvalue weighted by atomic mass is 16.5. The minimum Gasteiger partial charge on any atom is -0.494 e. The zero-order valence-electron chi connectivity index (χ0n) is 14.7. The summed E-state index contributed by atoms with van der Waals surface area (Å²) in [5.41, 5.74) is 0.286. The molecule has 0 spiro atoms. The SMILES string of the molecule is CCOc1ccc(CCC(=O)N2CCC(C(=O)O)(C(C)C)C2)cc1. The van der Waals surface area contributed by atoms with Crippen molar-refractivity contribution in [3.8, 4) is 5.75 Å². The number of aryl methyl sites for hydroxylation is 1. The zero-order valence-corrected chi connectivity index (χ0v) is 14.7. The van der Waals surface area contributed by atoms with E-state index in [1.807, 2.05) is 45.0 Å². The molecular weight excluding hydrogens is 306 g/mol. The monoisotopic (exact) mass is 333 g/mol. The minimum atomic E-state index is -0.797. The molecule has 5 nitrogen and oxygen atoms in total. The smallest absolute Gasteiger partial charge is 0.311 e. The molecule has 1 fully saturated rings. The molecule has 1 aliphatic heterocycles. The Labute approximate surface area is 143 Å². The van der Waals surface area contributed by atoms with E-state index in [9.17, 15) is 14.7 Å². The third-order valence-electron chi connectivity index (χ3n) is 5.05. The predicted octanol–water partition coefficient (Wildman–Crippen LogP) is 2.98. The van der Waals surface area contributed by atoms with Gasteiger partial charge in [0.25, 0.3) is 0 Å². The number of carboxylic acid groups (broad SMARTS) is 1. The quantitative estimate of drug-likeness (QED) is 0.833. The molecule has 0 saturated carbocycles. The third-order valence-corrected chi connectivity index (χ3v) is 5.05. The van der Waals surface area contributed by atoms with Crippen LogP contribution < -0.4 is 4.74 Å². The highest BCUT2D eigenvalue weighted by Gasteiger charge is 2.48. The van der Waals surface area contributed by atoms with Gasteiger partial charge in [-0.3, -0.25) is 9.59 Å². The number of rotatable bonds is 7. The van der Waals surface area contributed by atoms with Gasteiger partial charge in [0.2, 0.25) is 5.91 Å². The maximum Gasteiger partial charge on any atom is 0.311 e. The Balaban J connectivity index is 1.90. The summed E-state index contributed by atoms with van der Waals surface area (Å²) in [5.74, 6) is 0.0844. The summed E-state index contributed by atoms with van der Waals surface area (Å²) in [7, 11) is 0. The Bertz CT molecular complexity index is 582. The third kappa shape index (κ3) is 3.89. The Hall–Kier alpha value is -2.04. The summed E-state index contributed by atoms with van der Waals surface area (Å²) in [6, 6.07) is 7.76. The van der Waals surface area contributed by atoms with Gasteiger partial charge in [-0.05, 0) is 43.4 Å². The molecule has 1 aromatic rings. The first-order valence-corrected chi connectivity index (χ1v) is 8.62. The molecule has 132 valence electrons. The van der Waals surface area contributed by atoms with Crippen molar-refractivity contribution >= 4 is 11.9 Å². The molecule has 24 heavy (non-hydrogen) atoms. The molecule has 2 rings (SSSR count). The van der Waals surface area contributed by atoms with Crippen LogP contribution in [-0.4, -0.2) is 41.6 Å². The fourth-order valence-electron chi connectivity index (χ4n) is 3.27. The van der Waals surface area contributed by atoms with E-state index in [1.54, 1.807) is 4.90 Å².